The third-order valence-electron chi connectivity index (χ3n) is 3.86. The van der Waals surface area contributed by atoms with E-state index in [9.17, 15) is 4.79 Å². The topological polar surface area (TPSA) is 83.6 Å². The highest BCUT2D eigenvalue weighted by Gasteiger charge is 2.11. The van der Waals surface area contributed by atoms with Crippen LogP contribution >= 0.6 is 0 Å². The average molecular weight is 319 g/mol. The van der Waals surface area contributed by atoms with E-state index in [-0.39, 0.29) is 11.6 Å². The Bertz CT molecular complexity index is 934. The van der Waals surface area contributed by atoms with E-state index in [1.807, 2.05) is 24.3 Å². The molecule has 1 amide bonds. The average Bonchev–Trinajstić information content (AvgIpc) is 2.98. The minimum Gasteiger partial charge on any atom is -0.328 e. The van der Waals surface area contributed by atoms with E-state index in [2.05, 4.69) is 33.7 Å². The van der Waals surface area contributed by atoms with Crippen molar-refractivity contribution in [2.75, 3.05) is 5.32 Å². The number of rotatable bonds is 4. The number of carbonyl (C=O) groups excluding carboxylic acids is 1. The first-order chi connectivity index (χ1) is 11.7. The van der Waals surface area contributed by atoms with Gasteiger partial charge < -0.3 is 9.88 Å². The van der Waals surface area contributed by atoms with Crippen LogP contribution in [0.5, 0.6) is 0 Å². The zero-order chi connectivity index (χ0) is 17.1. The Morgan fingerprint density at radius 2 is 2.12 bits per heavy atom. The maximum absolute atomic E-state index is 12.3. The van der Waals surface area contributed by atoms with E-state index < -0.39 is 0 Å². The zero-order valence-electron chi connectivity index (χ0n) is 13.6. The highest BCUT2D eigenvalue weighted by molar-refractivity contribution is 6.04. The Hall–Kier alpha value is -3.20. The van der Waals surface area contributed by atoms with Crippen LogP contribution in [-0.2, 0) is 13.0 Å². The summed E-state index contributed by atoms with van der Waals surface area (Å²) in [6.45, 7) is 5.03. The molecular formula is C18H17N5O. The molecule has 0 saturated heterocycles. The monoisotopic (exact) mass is 319 g/mol. The number of aromatic nitrogens is 3. The van der Waals surface area contributed by atoms with Gasteiger partial charge in [0.2, 0.25) is 0 Å². The molecule has 3 rings (SSSR count). The molecule has 0 fully saturated rings. The Morgan fingerprint density at radius 3 is 2.75 bits per heavy atom. The Kier molecular flexibility index (Phi) is 4.25. The van der Waals surface area contributed by atoms with Gasteiger partial charge in [0, 0.05) is 24.8 Å². The number of aryl methyl sites for hydroxylation is 2. The molecule has 120 valence electrons. The number of imidazole rings is 1. The first-order valence-electron chi connectivity index (χ1n) is 7.83. The number of pyridine rings is 1. The van der Waals surface area contributed by atoms with E-state index in [0.29, 0.717) is 11.3 Å². The van der Waals surface area contributed by atoms with Gasteiger partial charge in [-0.25, -0.2) is 9.97 Å². The van der Waals surface area contributed by atoms with Crippen LogP contribution in [0, 0.1) is 11.3 Å². The number of hydrogen-bond donors (Lipinski definition) is 1. The summed E-state index contributed by atoms with van der Waals surface area (Å²) >= 11 is 0. The van der Waals surface area contributed by atoms with Crippen molar-refractivity contribution in [1.29, 1.82) is 5.26 Å². The van der Waals surface area contributed by atoms with Gasteiger partial charge in [-0.05, 0) is 37.3 Å². The Labute approximate surface area is 139 Å². The van der Waals surface area contributed by atoms with Crippen LogP contribution in [0.4, 0.5) is 5.69 Å². The molecule has 6 heteroatoms. The van der Waals surface area contributed by atoms with Crippen LogP contribution in [0.3, 0.4) is 0 Å². The molecule has 0 aliphatic rings. The number of amides is 1. The largest absolute Gasteiger partial charge is 0.328 e. The van der Waals surface area contributed by atoms with Gasteiger partial charge in [-0.1, -0.05) is 6.92 Å². The summed E-state index contributed by atoms with van der Waals surface area (Å²) in [5.41, 5.74) is 3.30. The fraction of sp³-hybridized carbons (Fsp3) is 0.222. The third kappa shape index (κ3) is 2.84. The zero-order valence-corrected chi connectivity index (χ0v) is 13.6. The van der Waals surface area contributed by atoms with Crippen molar-refractivity contribution >= 4 is 22.6 Å². The molecule has 0 unspecified atom stereocenters. The molecule has 1 aromatic carbocycles. The van der Waals surface area contributed by atoms with Gasteiger partial charge in [-0.15, -0.1) is 0 Å². The number of hydrogen-bond acceptors (Lipinski definition) is 4. The molecule has 0 aliphatic heterocycles. The summed E-state index contributed by atoms with van der Waals surface area (Å²) in [6.07, 6.45) is 2.26. The summed E-state index contributed by atoms with van der Waals surface area (Å²) in [7, 11) is 0. The van der Waals surface area contributed by atoms with Crippen LogP contribution < -0.4 is 5.32 Å². The molecule has 0 aliphatic carbocycles. The van der Waals surface area contributed by atoms with Gasteiger partial charge in [-0.2, -0.15) is 5.26 Å². The number of fused-ring (bicyclic) bond motifs is 1. The molecule has 0 bridgehead atoms. The second-order valence-corrected chi connectivity index (χ2v) is 5.33. The van der Waals surface area contributed by atoms with Gasteiger partial charge in [0.1, 0.15) is 17.6 Å². The minimum absolute atomic E-state index is 0.267. The third-order valence-corrected chi connectivity index (χ3v) is 3.86. The van der Waals surface area contributed by atoms with Gasteiger partial charge in [0.05, 0.1) is 16.6 Å². The van der Waals surface area contributed by atoms with E-state index in [1.54, 1.807) is 6.07 Å². The molecule has 1 N–H and O–H groups in total. The summed E-state index contributed by atoms with van der Waals surface area (Å²) in [6, 6.07) is 10.7. The van der Waals surface area contributed by atoms with E-state index >= 15 is 0 Å². The highest BCUT2D eigenvalue weighted by atomic mass is 16.1. The lowest BCUT2D eigenvalue weighted by Crippen LogP contribution is -2.12. The molecule has 0 spiro atoms. The Morgan fingerprint density at radius 1 is 1.29 bits per heavy atom. The molecule has 0 atom stereocenters. The molecule has 6 nitrogen and oxygen atoms in total. The fourth-order valence-electron chi connectivity index (χ4n) is 2.68. The van der Waals surface area contributed by atoms with Crippen LogP contribution in [-0.4, -0.2) is 20.4 Å². The molecule has 2 aromatic heterocycles. The Balaban J connectivity index is 1.87. The number of nitrogens with one attached hydrogen (secondary N) is 1. The first-order valence-corrected chi connectivity index (χ1v) is 7.83. The van der Waals surface area contributed by atoms with Crippen molar-refractivity contribution < 1.29 is 4.79 Å². The van der Waals surface area contributed by atoms with Crippen LogP contribution in [0.2, 0.25) is 0 Å². The van der Waals surface area contributed by atoms with Crippen molar-refractivity contribution in [2.24, 2.45) is 0 Å². The number of nitrogens with zero attached hydrogens (tertiary/aromatic N) is 4. The van der Waals surface area contributed by atoms with E-state index in [4.69, 9.17) is 5.26 Å². The fourth-order valence-corrected chi connectivity index (χ4v) is 2.68. The van der Waals surface area contributed by atoms with Gasteiger partial charge in [-0.3, -0.25) is 4.79 Å². The lowest BCUT2D eigenvalue weighted by Gasteiger charge is -2.06. The standard InChI is InChI=1S/C18H17N5O/c1-3-17-22-15-9-13(7-8-16(15)23(17)4-2)21-18(24)12-5-6-14(10-19)20-11-12/h5-9,11H,3-4H2,1-2H3,(H,21,24). The number of benzene rings is 1. The van der Waals surface area contributed by atoms with Crippen LogP contribution in [0.25, 0.3) is 11.0 Å². The summed E-state index contributed by atoms with van der Waals surface area (Å²) in [5, 5.41) is 11.6. The van der Waals surface area contributed by atoms with Crippen molar-refractivity contribution in [3.63, 3.8) is 0 Å². The predicted octanol–water partition coefficient (Wildman–Crippen LogP) is 3.14. The van der Waals surface area contributed by atoms with Crippen LogP contribution in [0.15, 0.2) is 36.5 Å². The number of anilines is 1. The predicted molar refractivity (Wildman–Crippen MR) is 91.7 cm³/mol. The second-order valence-electron chi connectivity index (χ2n) is 5.33. The molecule has 0 radical (unpaired) electrons. The van der Waals surface area contributed by atoms with E-state index in [1.165, 1.54) is 12.3 Å². The molecule has 3 aromatic rings. The highest BCUT2D eigenvalue weighted by Crippen LogP contribution is 2.21. The van der Waals surface area contributed by atoms with Gasteiger partial charge >= 0.3 is 0 Å². The summed E-state index contributed by atoms with van der Waals surface area (Å²) < 4.78 is 2.17. The molecular weight excluding hydrogens is 302 g/mol. The normalized spacial score (nSPS) is 10.5. The van der Waals surface area contributed by atoms with Crippen molar-refractivity contribution in [1.82, 2.24) is 14.5 Å². The van der Waals surface area contributed by atoms with Crippen molar-refractivity contribution in [3.05, 3.63) is 53.6 Å². The number of nitriles is 1. The maximum Gasteiger partial charge on any atom is 0.257 e. The number of carbonyl (C=O) groups is 1. The van der Waals surface area contributed by atoms with E-state index in [0.717, 1.165) is 29.8 Å². The molecule has 0 saturated carbocycles. The minimum atomic E-state index is -0.267. The van der Waals surface area contributed by atoms with Crippen LogP contribution in [0.1, 0.15) is 35.7 Å². The van der Waals surface area contributed by atoms with Crippen molar-refractivity contribution in [3.8, 4) is 6.07 Å². The quantitative estimate of drug-likeness (QED) is 0.800. The van der Waals surface area contributed by atoms with Gasteiger partial charge in [0.25, 0.3) is 5.91 Å². The van der Waals surface area contributed by atoms with Crippen molar-refractivity contribution in [2.45, 2.75) is 26.8 Å². The summed E-state index contributed by atoms with van der Waals surface area (Å²) in [4.78, 5) is 20.8. The molecule has 2 heterocycles. The van der Waals surface area contributed by atoms with Gasteiger partial charge in [0.15, 0.2) is 0 Å². The second kappa shape index (κ2) is 6.50. The lowest BCUT2D eigenvalue weighted by molar-refractivity contribution is 0.102. The first kappa shape index (κ1) is 15.7. The molecule has 24 heavy (non-hydrogen) atoms. The smallest absolute Gasteiger partial charge is 0.257 e. The maximum atomic E-state index is 12.3. The SMILES string of the molecule is CCc1nc2cc(NC(=O)c3ccc(C#N)nc3)ccc2n1CC. The lowest BCUT2D eigenvalue weighted by atomic mass is 10.2. The summed E-state index contributed by atoms with van der Waals surface area (Å²) in [5.74, 6) is 0.768.